The average molecular weight is 416 g/mol. The molecule has 156 valence electrons. The van der Waals surface area contributed by atoms with Crippen molar-refractivity contribution in [1.82, 2.24) is 14.8 Å². The number of hydrogen-bond donors (Lipinski definition) is 1. The summed E-state index contributed by atoms with van der Waals surface area (Å²) >= 11 is 0. The molecule has 0 atom stereocenters. The van der Waals surface area contributed by atoms with Gasteiger partial charge in [-0.2, -0.15) is 10.4 Å². The molecule has 0 saturated heterocycles. The Kier molecular flexibility index (Phi) is 5.09. The largest absolute Gasteiger partial charge is 0.493 e. The summed E-state index contributed by atoms with van der Waals surface area (Å²) in [5.74, 6) is 1.26. The smallest absolute Gasteiger partial charge is 0.268 e. The Hall–Kier alpha value is -4.25. The number of rotatable bonds is 5. The lowest BCUT2D eigenvalue weighted by atomic mass is 9.97. The van der Waals surface area contributed by atoms with Gasteiger partial charge in [-0.3, -0.25) is 4.79 Å². The van der Waals surface area contributed by atoms with Gasteiger partial charge in [-0.05, 0) is 36.8 Å². The number of fused-ring (bicyclic) bond motifs is 1. The van der Waals surface area contributed by atoms with Gasteiger partial charge in [0.1, 0.15) is 17.3 Å². The molecule has 0 aliphatic carbocycles. The number of aromatic amines is 1. The second kappa shape index (κ2) is 7.88. The van der Waals surface area contributed by atoms with Crippen LogP contribution in [-0.4, -0.2) is 36.1 Å². The van der Waals surface area contributed by atoms with E-state index in [2.05, 4.69) is 10.1 Å². The van der Waals surface area contributed by atoms with Crippen molar-refractivity contribution in [3.8, 4) is 40.1 Å². The molecule has 8 nitrogen and oxygen atoms in total. The van der Waals surface area contributed by atoms with Crippen LogP contribution < -0.4 is 19.8 Å². The molecule has 0 radical (unpaired) electrons. The number of benzene rings is 2. The van der Waals surface area contributed by atoms with Crippen LogP contribution in [0.2, 0.25) is 0 Å². The minimum Gasteiger partial charge on any atom is -0.493 e. The number of para-hydroxylation sites is 1. The van der Waals surface area contributed by atoms with Crippen LogP contribution in [0.3, 0.4) is 0 Å². The highest BCUT2D eigenvalue weighted by Crippen LogP contribution is 2.43. The first-order valence-electron chi connectivity index (χ1n) is 9.45. The molecule has 1 N–H and O–H groups in total. The van der Waals surface area contributed by atoms with E-state index < -0.39 is 5.56 Å². The van der Waals surface area contributed by atoms with Crippen molar-refractivity contribution in [3.63, 3.8) is 0 Å². The van der Waals surface area contributed by atoms with E-state index in [1.165, 1.54) is 21.3 Å². The van der Waals surface area contributed by atoms with Gasteiger partial charge in [0.2, 0.25) is 5.75 Å². The van der Waals surface area contributed by atoms with Gasteiger partial charge in [-0.15, -0.1) is 0 Å². The predicted molar refractivity (Wildman–Crippen MR) is 116 cm³/mol. The maximum absolute atomic E-state index is 12.9. The second-order valence-corrected chi connectivity index (χ2v) is 6.79. The number of pyridine rings is 1. The van der Waals surface area contributed by atoms with Gasteiger partial charge in [0.05, 0.1) is 32.7 Å². The molecule has 2 heterocycles. The maximum atomic E-state index is 12.9. The molecule has 8 heteroatoms. The summed E-state index contributed by atoms with van der Waals surface area (Å²) in [6.07, 6.45) is 0. The van der Waals surface area contributed by atoms with Crippen LogP contribution in [0.25, 0.3) is 27.8 Å². The Morgan fingerprint density at radius 3 is 2.23 bits per heavy atom. The van der Waals surface area contributed by atoms with Crippen LogP contribution in [0.5, 0.6) is 17.2 Å². The summed E-state index contributed by atoms with van der Waals surface area (Å²) in [6.45, 7) is 1.84. The summed E-state index contributed by atoms with van der Waals surface area (Å²) < 4.78 is 18.0. The van der Waals surface area contributed by atoms with Crippen LogP contribution in [0.1, 0.15) is 11.3 Å². The van der Waals surface area contributed by atoms with Gasteiger partial charge in [-0.25, -0.2) is 4.68 Å². The van der Waals surface area contributed by atoms with Crippen molar-refractivity contribution in [1.29, 1.82) is 5.26 Å². The third-order valence-corrected chi connectivity index (χ3v) is 5.09. The van der Waals surface area contributed by atoms with E-state index in [4.69, 9.17) is 14.2 Å². The van der Waals surface area contributed by atoms with E-state index in [0.29, 0.717) is 45.1 Å². The summed E-state index contributed by atoms with van der Waals surface area (Å²) in [6, 6.07) is 14.9. The predicted octanol–water partition coefficient (Wildman–Crippen LogP) is 3.59. The fourth-order valence-electron chi connectivity index (χ4n) is 3.73. The monoisotopic (exact) mass is 416 g/mol. The molecule has 4 aromatic rings. The zero-order chi connectivity index (χ0) is 22.1. The van der Waals surface area contributed by atoms with Crippen molar-refractivity contribution in [2.24, 2.45) is 0 Å². The molecule has 0 aliphatic rings. The molecule has 0 aliphatic heterocycles. The third kappa shape index (κ3) is 3.16. The molecule has 2 aromatic carbocycles. The molecular weight excluding hydrogens is 396 g/mol. The van der Waals surface area contributed by atoms with Crippen molar-refractivity contribution in [2.75, 3.05) is 21.3 Å². The number of nitrogens with one attached hydrogen (secondary N) is 1. The average Bonchev–Trinajstić information content (AvgIpc) is 3.13. The topological polar surface area (TPSA) is 102 Å². The molecule has 31 heavy (non-hydrogen) atoms. The molecule has 0 fully saturated rings. The molecule has 0 bridgehead atoms. The van der Waals surface area contributed by atoms with E-state index in [1.807, 2.05) is 43.3 Å². The molecule has 0 amide bonds. The van der Waals surface area contributed by atoms with Gasteiger partial charge in [-0.1, -0.05) is 18.2 Å². The van der Waals surface area contributed by atoms with Crippen molar-refractivity contribution in [2.45, 2.75) is 6.92 Å². The molecule has 0 unspecified atom stereocenters. The van der Waals surface area contributed by atoms with Crippen LogP contribution >= 0.6 is 0 Å². The Morgan fingerprint density at radius 2 is 1.68 bits per heavy atom. The number of ether oxygens (including phenoxy) is 3. The van der Waals surface area contributed by atoms with Gasteiger partial charge in [0.25, 0.3) is 5.56 Å². The summed E-state index contributed by atoms with van der Waals surface area (Å²) in [4.78, 5) is 15.7. The SMILES string of the molecule is COc1cc(-c2c(C#N)c(=O)[nH]c3c2c(C)nn3-c2ccccc2)cc(OC)c1OC. The molecule has 0 spiro atoms. The summed E-state index contributed by atoms with van der Waals surface area (Å²) in [7, 11) is 4.54. The fourth-order valence-corrected chi connectivity index (χ4v) is 3.73. The van der Waals surface area contributed by atoms with Crippen molar-refractivity contribution >= 4 is 11.0 Å². The molecule has 4 rings (SSSR count). The van der Waals surface area contributed by atoms with Gasteiger partial charge < -0.3 is 19.2 Å². The van der Waals surface area contributed by atoms with Crippen LogP contribution in [0.4, 0.5) is 0 Å². The summed E-state index contributed by atoms with van der Waals surface area (Å²) in [5, 5.41) is 15.1. The Bertz CT molecular complexity index is 1360. The Morgan fingerprint density at radius 1 is 1.03 bits per heavy atom. The first-order chi connectivity index (χ1) is 15.0. The van der Waals surface area contributed by atoms with Crippen molar-refractivity contribution < 1.29 is 14.2 Å². The van der Waals surface area contributed by atoms with E-state index in [9.17, 15) is 10.1 Å². The van der Waals surface area contributed by atoms with E-state index in [1.54, 1.807) is 16.8 Å². The van der Waals surface area contributed by atoms with Crippen molar-refractivity contribution in [3.05, 3.63) is 64.1 Å². The number of nitrogens with zero attached hydrogens (tertiary/aromatic N) is 3. The lowest BCUT2D eigenvalue weighted by Crippen LogP contribution is -2.13. The Labute approximate surface area is 178 Å². The summed E-state index contributed by atoms with van der Waals surface area (Å²) in [5.41, 5.74) is 2.47. The highest BCUT2D eigenvalue weighted by molar-refractivity contribution is 5.98. The Balaban J connectivity index is 2.13. The first kappa shape index (κ1) is 20.0. The number of methoxy groups -OCH3 is 3. The zero-order valence-electron chi connectivity index (χ0n) is 17.5. The molecule has 2 aromatic heterocycles. The van der Waals surface area contributed by atoms with Gasteiger partial charge in [0.15, 0.2) is 11.5 Å². The molecular formula is C23H20N4O4. The van der Waals surface area contributed by atoms with Crippen LogP contribution in [0.15, 0.2) is 47.3 Å². The number of hydrogen-bond acceptors (Lipinski definition) is 6. The zero-order valence-corrected chi connectivity index (χ0v) is 17.5. The number of H-pyrrole nitrogens is 1. The lowest BCUT2D eigenvalue weighted by Gasteiger charge is -2.15. The minimum absolute atomic E-state index is 0.0162. The van der Waals surface area contributed by atoms with E-state index in [0.717, 1.165) is 5.69 Å². The highest BCUT2D eigenvalue weighted by atomic mass is 16.5. The van der Waals surface area contributed by atoms with Crippen LogP contribution in [-0.2, 0) is 0 Å². The standard InChI is InChI=1S/C23H20N4O4/c1-13-19-20(14-10-17(29-2)21(31-4)18(11-14)30-3)16(12-24)23(28)25-22(19)27(26-13)15-8-6-5-7-9-15/h5-11H,1-4H3,(H,25,28). The fraction of sp³-hybridized carbons (Fsp3) is 0.174. The lowest BCUT2D eigenvalue weighted by molar-refractivity contribution is 0.324. The first-order valence-corrected chi connectivity index (χ1v) is 9.45. The number of aromatic nitrogens is 3. The van der Waals surface area contributed by atoms with Gasteiger partial charge in [0, 0.05) is 10.9 Å². The number of nitriles is 1. The third-order valence-electron chi connectivity index (χ3n) is 5.09. The number of aryl methyl sites for hydroxylation is 1. The van der Waals surface area contributed by atoms with Gasteiger partial charge >= 0.3 is 0 Å². The second-order valence-electron chi connectivity index (χ2n) is 6.79. The normalized spacial score (nSPS) is 10.7. The molecule has 0 saturated carbocycles. The highest BCUT2D eigenvalue weighted by Gasteiger charge is 2.23. The quantitative estimate of drug-likeness (QED) is 0.533. The van der Waals surface area contributed by atoms with E-state index >= 15 is 0 Å². The van der Waals surface area contributed by atoms with Crippen LogP contribution in [0, 0.1) is 18.3 Å². The minimum atomic E-state index is -0.504. The maximum Gasteiger partial charge on any atom is 0.268 e. The van der Waals surface area contributed by atoms with E-state index in [-0.39, 0.29) is 5.56 Å².